The second kappa shape index (κ2) is 8.81. The van der Waals surface area contributed by atoms with E-state index in [1.165, 1.54) is 5.56 Å². The van der Waals surface area contributed by atoms with Crippen molar-refractivity contribution < 1.29 is 9.47 Å². The Morgan fingerprint density at radius 2 is 1.89 bits per heavy atom. The van der Waals surface area contributed by atoms with Crippen molar-refractivity contribution in [3.05, 3.63) is 23.8 Å². The Morgan fingerprint density at radius 3 is 2.47 bits per heavy atom. The van der Waals surface area contributed by atoms with Crippen LogP contribution in [-0.4, -0.2) is 20.3 Å². The van der Waals surface area contributed by atoms with Crippen LogP contribution in [0.1, 0.15) is 39.2 Å². The van der Waals surface area contributed by atoms with Gasteiger partial charge in [-0.3, -0.25) is 0 Å². The van der Waals surface area contributed by atoms with Crippen LogP contribution in [0.4, 0.5) is 0 Å². The Balaban J connectivity index is 2.75. The Kier molecular flexibility index (Phi) is 7.34. The summed E-state index contributed by atoms with van der Waals surface area (Å²) in [5.41, 5.74) is 1.19. The topological polar surface area (TPSA) is 30.5 Å². The molecule has 0 heterocycles. The van der Waals surface area contributed by atoms with Crippen molar-refractivity contribution >= 4 is 0 Å². The van der Waals surface area contributed by atoms with Gasteiger partial charge >= 0.3 is 0 Å². The summed E-state index contributed by atoms with van der Waals surface area (Å²) in [6, 6.07) is 6.04. The van der Waals surface area contributed by atoms with Gasteiger partial charge in [-0.15, -0.1) is 0 Å². The number of hydrogen-bond acceptors (Lipinski definition) is 3. The van der Waals surface area contributed by atoms with Gasteiger partial charge in [0.2, 0.25) is 0 Å². The first-order valence-corrected chi connectivity index (χ1v) is 7.25. The van der Waals surface area contributed by atoms with Gasteiger partial charge in [-0.1, -0.05) is 39.7 Å². The van der Waals surface area contributed by atoms with E-state index in [0.717, 1.165) is 44.0 Å². The first-order chi connectivity index (χ1) is 9.24. The third-order valence-corrected chi connectivity index (χ3v) is 3.47. The Bertz CT molecular complexity index is 362. The van der Waals surface area contributed by atoms with Gasteiger partial charge < -0.3 is 14.8 Å². The molecule has 1 rings (SSSR count). The summed E-state index contributed by atoms with van der Waals surface area (Å²) in [5, 5.41) is 3.34. The monoisotopic (exact) mass is 265 g/mol. The molecule has 0 bridgehead atoms. The minimum atomic E-state index is 0.623. The lowest BCUT2D eigenvalue weighted by Gasteiger charge is -2.17. The van der Waals surface area contributed by atoms with Crippen molar-refractivity contribution in [2.45, 2.75) is 40.2 Å². The van der Waals surface area contributed by atoms with E-state index in [1.54, 1.807) is 7.11 Å². The summed E-state index contributed by atoms with van der Waals surface area (Å²) in [6.07, 6.45) is 2.31. The van der Waals surface area contributed by atoms with Crippen LogP contribution >= 0.6 is 0 Å². The third kappa shape index (κ3) is 5.11. The Labute approximate surface area is 117 Å². The largest absolute Gasteiger partial charge is 0.497 e. The fraction of sp³-hybridized carbons (Fsp3) is 0.625. The minimum absolute atomic E-state index is 0.623. The molecule has 1 N–H and O–H groups in total. The van der Waals surface area contributed by atoms with Gasteiger partial charge in [0.15, 0.2) is 0 Å². The molecule has 0 fully saturated rings. The third-order valence-electron chi connectivity index (χ3n) is 3.47. The smallest absolute Gasteiger partial charge is 0.127 e. The summed E-state index contributed by atoms with van der Waals surface area (Å²) >= 11 is 0. The lowest BCUT2D eigenvalue weighted by molar-refractivity contribution is 0.237. The van der Waals surface area contributed by atoms with E-state index in [0.29, 0.717) is 5.92 Å². The van der Waals surface area contributed by atoms with Crippen LogP contribution < -0.4 is 14.8 Å². The van der Waals surface area contributed by atoms with E-state index in [2.05, 4.69) is 32.2 Å². The number of rotatable bonds is 9. The molecule has 0 aliphatic heterocycles. The molecule has 3 heteroatoms. The molecular formula is C16H27NO2. The van der Waals surface area contributed by atoms with E-state index in [9.17, 15) is 0 Å². The van der Waals surface area contributed by atoms with E-state index in [-0.39, 0.29) is 0 Å². The summed E-state index contributed by atoms with van der Waals surface area (Å²) in [4.78, 5) is 0. The van der Waals surface area contributed by atoms with Crippen LogP contribution in [-0.2, 0) is 6.54 Å². The second-order valence-corrected chi connectivity index (χ2v) is 4.75. The van der Waals surface area contributed by atoms with Crippen molar-refractivity contribution in [2.24, 2.45) is 5.92 Å². The molecule has 0 spiro atoms. The van der Waals surface area contributed by atoms with Crippen molar-refractivity contribution in [3.63, 3.8) is 0 Å². The zero-order chi connectivity index (χ0) is 14.1. The maximum Gasteiger partial charge on any atom is 0.127 e. The van der Waals surface area contributed by atoms with Gasteiger partial charge in [-0.2, -0.15) is 0 Å². The Morgan fingerprint density at radius 1 is 1.16 bits per heavy atom. The maximum absolute atomic E-state index is 6.00. The lowest BCUT2D eigenvalue weighted by atomic mass is 10.1. The van der Waals surface area contributed by atoms with Crippen LogP contribution in [0.3, 0.4) is 0 Å². The molecule has 108 valence electrons. The quantitative estimate of drug-likeness (QED) is 0.739. The number of ether oxygens (including phenoxy) is 2. The van der Waals surface area contributed by atoms with Gasteiger partial charge in [0.05, 0.1) is 13.7 Å². The number of hydrogen-bond donors (Lipinski definition) is 1. The molecule has 0 unspecified atom stereocenters. The highest BCUT2D eigenvalue weighted by molar-refractivity contribution is 5.40. The van der Waals surface area contributed by atoms with Gasteiger partial charge in [-0.05, 0) is 18.5 Å². The van der Waals surface area contributed by atoms with E-state index >= 15 is 0 Å². The standard InChI is InChI=1S/C16H27NO2/c1-5-13(6-2)12-19-16-10-15(18-4)9-8-14(16)11-17-7-3/h8-10,13,17H,5-7,11-12H2,1-4H3. The molecule has 0 atom stereocenters. The molecule has 0 saturated carbocycles. The van der Waals surface area contributed by atoms with Gasteiger partial charge in [0.1, 0.15) is 11.5 Å². The highest BCUT2D eigenvalue weighted by Crippen LogP contribution is 2.25. The molecule has 0 radical (unpaired) electrons. The second-order valence-electron chi connectivity index (χ2n) is 4.75. The van der Waals surface area contributed by atoms with Crippen molar-refractivity contribution in [1.82, 2.24) is 5.32 Å². The molecule has 19 heavy (non-hydrogen) atoms. The van der Waals surface area contributed by atoms with E-state index < -0.39 is 0 Å². The van der Waals surface area contributed by atoms with Crippen molar-refractivity contribution in [2.75, 3.05) is 20.3 Å². The summed E-state index contributed by atoms with van der Waals surface area (Å²) in [5.74, 6) is 2.41. The maximum atomic E-state index is 6.00. The Hall–Kier alpha value is -1.22. The number of benzene rings is 1. The molecule has 0 aromatic heterocycles. The highest BCUT2D eigenvalue weighted by atomic mass is 16.5. The van der Waals surface area contributed by atoms with Crippen LogP contribution in [0, 0.1) is 5.92 Å². The summed E-state index contributed by atoms with van der Waals surface area (Å²) in [6.45, 7) is 9.09. The van der Waals surface area contributed by atoms with Crippen LogP contribution in [0.25, 0.3) is 0 Å². The molecular weight excluding hydrogens is 238 g/mol. The fourth-order valence-electron chi connectivity index (χ4n) is 1.93. The molecule has 0 aliphatic rings. The van der Waals surface area contributed by atoms with E-state index in [4.69, 9.17) is 9.47 Å². The van der Waals surface area contributed by atoms with Gasteiger partial charge in [0.25, 0.3) is 0 Å². The van der Waals surface area contributed by atoms with Crippen molar-refractivity contribution in [3.8, 4) is 11.5 Å². The highest BCUT2D eigenvalue weighted by Gasteiger charge is 2.09. The fourth-order valence-corrected chi connectivity index (χ4v) is 1.93. The zero-order valence-electron chi connectivity index (χ0n) is 12.7. The first kappa shape index (κ1) is 15.8. The number of methoxy groups -OCH3 is 1. The van der Waals surface area contributed by atoms with Crippen LogP contribution in [0.5, 0.6) is 11.5 Å². The predicted molar refractivity (Wildman–Crippen MR) is 79.9 cm³/mol. The summed E-state index contributed by atoms with van der Waals surface area (Å²) < 4.78 is 11.3. The number of nitrogens with one attached hydrogen (secondary N) is 1. The minimum Gasteiger partial charge on any atom is -0.497 e. The zero-order valence-corrected chi connectivity index (χ0v) is 12.7. The normalized spacial score (nSPS) is 10.8. The van der Waals surface area contributed by atoms with Crippen molar-refractivity contribution in [1.29, 1.82) is 0 Å². The van der Waals surface area contributed by atoms with Crippen LogP contribution in [0.2, 0.25) is 0 Å². The average molecular weight is 265 g/mol. The average Bonchev–Trinajstić information content (AvgIpc) is 2.46. The summed E-state index contributed by atoms with van der Waals surface area (Å²) in [7, 11) is 1.68. The molecule has 3 nitrogen and oxygen atoms in total. The molecule has 0 amide bonds. The molecule has 1 aromatic rings. The lowest BCUT2D eigenvalue weighted by Crippen LogP contribution is -2.15. The van der Waals surface area contributed by atoms with Gasteiger partial charge in [-0.25, -0.2) is 0 Å². The predicted octanol–water partition coefficient (Wildman–Crippen LogP) is 3.62. The first-order valence-electron chi connectivity index (χ1n) is 7.25. The molecule has 1 aromatic carbocycles. The molecule has 0 saturated heterocycles. The van der Waals surface area contributed by atoms with Gasteiger partial charge in [0, 0.05) is 18.2 Å². The van der Waals surface area contributed by atoms with E-state index in [1.807, 2.05) is 12.1 Å². The molecule has 0 aliphatic carbocycles. The van der Waals surface area contributed by atoms with Crippen LogP contribution in [0.15, 0.2) is 18.2 Å². The SMILES string of the molecule is CCNCc1ccc(OC)cc1OCC(CC)CC.